The number of piperazine rings is 1. The third-order valence-corrected chi connectivity index (χ3v) is 2.67. The minimum Gasteiger partial charge on any atom is -0.317 e. The van der Waals surface area contributed by atoms with Gasteiger partial charge < -0.3 is 10.6 Å². The normalized spacial score (nSPS) is 25.3. The van der Waals surface area contributed by atoms with Crippen molar-refractivity contribution in [3.05, 3.63) is 14.0 Å². The molecule has 2 N–H and O–H groups in total. The van der Waals surface area contributed by atoms with Crippen molar-refractivity contribution >= 4 is 0 Å². The third kappa shape index (κ3) is 5.58. The summed E-state index contributed by atoms with van der Waals surface area (Å²) in [4.78, 5) is 2.08. The van der Waals surface area contributed by atoms with E-state index in [1.165, 1.54) is 25.9 Å². The Labute approximate surface area is 88.2 Å². The van der Waals surface area contributed by atoms with Crippen molar-refractivity contribution in [2.45, 2.75) is 12.8 Å². The quantitative estimate of drug-likeness (QED) is 0.592. The molecule has 0 amide bonds. The lowest BCUT2D eigenvalue weighted by molar-refractivity contribution is 0.320. The van der Waals surface area contributed by atoms with E-state index in [-0.39, 0.29) is 0 Å². The molecule has 0 aromatic rings. The van der Waals surface area contributed by atoms with Crippen LogP contribution < -0.4 is 10.6 Å². The fourth-order valence-electron chi connectivity index (χ4n) is 1.59. The highest BCUT2D eigenvalue weighted by atomic mass is 15.2. The Morgan fingerprint density at radius 3 is 1.71 bits per heavy atom. The molecule has 0 aromatic heterocycles. The highest BCUT2D eigenvalue weighted by Gasteiger charge is 2.05. The van der Waals surface area contributed by atoms with Gasteiger partial charge in [-0.25, -0.2) is 0 Å². The van der Waals surface area contributed by atoms with Gasteiger partial charge in [0.05, 0.1) is 0 Å². The molecule has 2 aliphatic rings. The molecule has 0 saturated carbocycles. The number of rotatable bonds is 0. The second-order valence-electron chi connectivity index (χ2n) is 4.06. The lowest BCUT2D eigenvalue weighted by Crippen LogP contribution is -2.39. The van der Waals surface area contributed by atoms with Gasteiger partial charge in [-0.15, -0.1) is 0 Å². The first-order valence-corrected chi connectivity index (χ1v) is 5.59. The SMILES string of the molecule is [CH2]C1CCNCC1.[CH2]N1CCNCC1. The molecule has 2 heterocycles. The first kappa shape index (κ1) is 12.0. The molecule has 14 heavy (non-hydrogen) atoms. The second-order valence-corrected chi connectivity index (χ2v) is 4.06. The van der Waals surface area contributed by atoms with E-state index in [1.54, 1.807) is 0 Å². The van der Waals surface area contributed by atoms with E-state index in [1.807, 2.05) is 0 Å². The fraction of sp³-hybridized carbons (Fsp3) is 0.818. The van der Waals surface area contributed by atoms with Crippen molar-refractivity contribution in [2.24, 2.45) is 5.92 Å². The summed E-state index contributed by atoms with van der Waals surface area (Å²) in [5, 5.41) is 6.51. The number of hydrogen-bond acceptors (Lipinski definition) is 3. The van der Waals surface area contributed by atoms with Crippen LogP contribution in [-0.2, 0) is 0 Å². The molecule has 0 bridgehead atoms. The van der Waals surface area contributed by atoms with Gasteiger partial charge in [-0.3, -0.25) is 4.90 Å². The molecule has 2 aliphatic heterocycles. The van der Waals surface area contributed by atoms with Crippen molar-refractivity contribution in [3.63, 3.8) is 0 Å². The molecule has 0 unspecified atom stereocenters. The van der Waals surface area contributed by atoms with Gasteiger partial charge in [-0.1, -0.05) is 6.92 Å². The Hall–Kier alpha value is -0.120. The van der Waals surface area contributed by atoms with Crippen LogP contribution in [0.4, 0.5) is 0 Å². The standard InChI is InChI=1S/C6H12N.C5H11N2/c1-6-2-4-7-5-3-6;1-7-4-2-6-3-5-7/h6-7H,1-5H2;6H,1-5H2. The molecule has 0 aliphatic carbocycles. The molecule has 3 heteroatoms. The first-order chi connectivity index (χ1) is 6.79. The summed E-state index contributed by atoms with van der Waals surface area (Å²) in [6.45, 7) is 10.7. The monoisotopic (exact) mass is 197 g/mol. The summed E-state index contributed by atoms with van der Waals surface area (Å²) in [6, 6.07) is 0. The van der Waals surface area contributed by atoms with Crippen LogP contribution >= 0.6 is 0 Å². The zero-order valence-electron chi connectivity index (χ0n) is 9.10. The van der Waals surface area contributed by atoms with Gasteiger partial charge >= 0.3 is 0 Å². The van der Waals surface area contributed by atoms with E-state index < -0.39 is 0 Å². The van der Waals surface area contributed by atoms with Gasteiger partial charge in [0.25, 0.3) is 0 Å². The Morgan fingerprint density at radius 1 is 0.929 bits per heavy atom. The van der Waals surface area contributed by atoms with Crippen LogP contribution in [0, 0.1) is 19.9 Å². The molecule has 2 fully saturated rings. The van der Waals surface area contributed by atoms with E-state index in [9.17, 15) is 0 Å². The van der Waals surface area contributed by atoms with Gasteiger partial charge in [0.1, 0.15) is 0 Å². The van der Waals surface area contributed by atoms with Crippen LogP contribution in [0.1, 0.15) is 12.8 Å². The summed E-state index contributed by atoms with van der Waals surface area (Å²) in [5.41, 5.74) is 0. The summed E-state index contributed by atoms with van der Waals surface area (Å²) < 4.78 is 0. The van der Waals surface area contributed by atoms with Gasteiger partial charge in [0, 0.05) is 33.2 Å². The lowest BCUT2D eigenvalue weighted by atomic mass is 10.0. The largest absolute Gasteiger partial charge is 0.317 e. The van der Waals surface area contributed by atoms with Crippen LogP contribution in [0.5, 0.6) is 0 Å². The van der Waals surface area contributed by atoms with Crippen molar-refractivity contribution in [3.8, 4) is 0 Å². The maximum Gasteiger partial charge on any atom is 0.0110 e. The molecule has 0 spiro atoms. The van der Waals surface area contributed by atoms with E-state index in [2.05, 4.69) is 29.5 Å². The minimum atomic E-state index is 0.723. The Balaban J connectivity index is 0.000000140. The zero-order valence-corrected chi connectivity index (χ0v) is 9.10. The maximum atomic E-state index is 3.96. The van der Waals surface area contributed by atoms with Crippen molar-refractivity contribution < 1.29 is 0 Å². The molecular weight excluding hydrogens is 174 g/mol. The Kier molecular flexibility index (Phi) is 6.15. The number of piperidine rings is 1. The van der Waals surface area contributed by atoms with Gasteiger partial charge in [0.15, 0.2) is 0 Å². The minimum absolute atomic E-state index is 0.723. The molecule has 0 atom stereocenters. The summed E-state index contributed by atoms with van der Waals surface area (Å²) in [7, 11) is 3.79. The second kappa shape index (κ2) is 7.21. The van der Waals surface area contributed by atoms with Crippen molar-refractivity contribution in [1.82, 2.24) is 15.5 Å². The average molecular weight is 197 g/mol. The summed E-state index contributed by atoms with van der Waals surface area (Å²) in [6.07, 6.45) is 2.53. The van der Waals surface area contributed by atoms with E-state index >= 15 is 0 Å². The predicted molar refractivity (Wildman–Crippen MR) is 60.8 cm³/mol. The van der Waals surface area contributed by atoms with Crippen LogP contribution in [0.25, 0.3) is 0 Å². The van der Waals surface area contributed by atoms with Crippen molar-refractivity contribution in [1.29, 1.82) is 0 Å². The smallest absolute Gasteiger partial charge is 0.0110 e. The molecule has 0 aromatic carbocycles. The summed E-state index contributed by atoms with van der Waals surface area (Å²) >= 11 is 0. The number of nitrogens with zero attached hydrogens (tertiary/aromatic N) is 1. The van der Waals surface area contributed by atoms with Gasteiger partial charge in [-0.05, 0) is 31.8 Å². The van der Waals surface area contributed by atoms with Gasteiger partial charge in [-0.2, -0.15) is 0 Å². The zero-order chi connectivity index (χ0) is 10.2. The topological polar surface area (TPSA) is 27.3 Å². The molecule has 2 saturated heterocycles. The highest BCUT2D eigenvalue weighted by Crippen LogP contribution is 2.07. The van der Waals surface area contributed by atoms with Crippen LogP contribution in [-0.4, -0.2) is 44.2 Å². The van der Waals surface area contributed by atoms with Crippen molar-refractivity contribution in [2.75, 3.05) is 39.3 Å². The van der Waals surface area contributed by atoms with E-state index in [0.29, 0.717) is 0 Å². The molecule has 2 rings (SSSR count). The first-order valence-electron chi connectivity index (χ1n) is 5.59. The maximum absolute atomic E-state index is 3.96. The van der Waals surface area contributed by atoms with E-state index in [4.69, 9.17) is 0 Å². The molecule has 3 nitrogen and oxygen atoms in total. The predicted octanol–water partition coefficient (Wildman–Crippen LogP) is 0.503. The fourth-order valence-corrected chi connectivity index (χ4v) is 1.59. The molecule has 2 radical (unpaired) electrons. The average Bonchev–Trinajstić information content (AvgIpc) is 2.21. The summed E-state index contributed by atoms with van der Waals surface area (Å²) in [5.74, 6) is 0.723. The molecule has 82 valence electrons. The Morgan fingerprint density at radius 2 is 1.43 bits per heavy atom. The Bertz CT molecular complexity index is 110. The van der Waals surface area contributed by atoms with Crippen LogP contribution in [0.3, 0.4) is 0 Å². The molecular formula is C11H23N3. The lowest BCUT2D eigenvalue weighted by Gasteiger charge is -2.21. The number of hydrogen-bond donors (Lipinski definition) is 2. The van der Waals surface area contributed by atoms with Crippen LogP contribution in [0.2, 0.25) is 0 Å². The number of nitrogens with one attached hydrogen (secondary N) is 2. The third-order valence-electron chi connectivity index (χ3n) is 2.67. The van der Waals surface area contributed by atoms with Gasteiger partial charge in [0.2, 0.25) is 0 Å². The highest BCUT2D eigenvalue weighted by molar-refractivity contribution is 4.68. The van der Waals surface area contributed by atoms with Crippen LogP contribution in [0.15, 0.2) is 0 Å². The van der Waals surface area contributed by atoms with E-state index in [0.717, 1.165) is 32.1 Å².